The van der Waals surface area contributed by atoms with Crippen molar-refractivity contribution in [1.82, 2.24) is 9.97 Å². The van der Waals surface area contributed by atoms with Gasteiger partial charge in [-0.05, 0) is 11.8 Å². The van der Waals surface area contributed by atoms with Crippen LogP contribution in [0.1, 0.15) is 11.7 Å². The molecule has 0 amide bonds. The second kappa shape index (κ2) is 12.9. The summed E-state index contributed by atoms with van der Waals surface area (Å²) in [6.07, 6.45) is -9.17. The van der Waals surface area contributed by atoms with Crippen molar-refractivity contribution in [3.8, 4) is 12.3 Å². The first-order valence-electron chi connectivity index (χ1n) is 12.1. The largest absolute Gasteiger partial charge is 0.481 e. The summed E-state index contributed by atoms with van der Waals surface area (Å²) in [7, 11) is -4.32. The van der Waals surface area contributed by atoms with Crippen LogP contribution in [0.5, 0.6) is 0 Å². The number of ether oxygens (including phenoxy) is 3. The number of fused-ring (bicyclic) bond motifs is 1. The normalized spacial score (nSPS) is 36.6. The van der Waals surface area contributed by atoms with Crippen LogP contribution in [0.4, 0.5) is 10.2 Å². The van der Waals surface area contributed by atoms with Crippen LogP contribution in [0.15, 0.2) is 17.0 Å². The van der Waals surface area contributed by atoms with Crippen LogP contribution < -0.4 is 5.73 Å². The van der Waals surface area contributed by atoms with E-state index in [1.54, 1.807) is 0 Å². The summed E-state index contributed by atoms with van der Waals surface area (Å²) in [5, 5.41) is 49.9. The molecule has 2 aliphatic heterocycles. The molecule has 0 saturated carbocycles. The Balaban J connectivity index is 1.46. The number of anilines is 1. The molecule has 43 heavy (non-hydrogen) atoms. The maximum atomic E-state index is 14.0. The molecule has 0 aliphatic carbocycles. The summed E-state index contributed by atoms with van der Waals surface area (Å²) in [5.41, 5.74) is 4.46. The van der Waals surface area contributed by atoms with Crippen LogP contribution in [-0.2, 0) is 43.9 Å². The van der Waals surface area contributed by atoms with Crippen LogP contribution in [0.3, 0.4) is 0 Å². The number of phosphoric acid groups is 1. The first kappa shape index (κ1) is 34.1. The first-order chi connectivity index (χ1) is 20.1. The summed E-state index contributed by atoms with van der Waals surface area (Å²) in [5.74, 6) is 2.34. The molecule has 0 bridgehead atoms. The standard InChI is InChI=1S/C21H28FN3O15P2S/c1-3-21(34-2)17(30)10(37-18(21)8-5-35-16-11(8)24-7-25-19(16)23)6-36-42(33,43)40-41(31,32)39-20-14(29)12(27)13(28)15(38-20)9(22)4-26/h1,5,7,9-10,12-15,17-18,20,26-30H,4,6H2,2H3,(H,31,32)(H,33,43)(H2,23,24,25)/t9-,10+,12?,13?,14?,15?,17+,18-,20?,21+,42?/m0/s1. The number of hydrogen-bond acceptors (Lipinski definition) is 17. The van der Waals surface area contributed by atoms with Gasteiger partial charge in [0.15, 0.2) is 29.5 Å². The smallest absolute Gasteiger partial charge is 0.458 e. The van der Waals surface area contributed by atoms with Crippen molar-refractivity contribution < 1.29 is 76.3 Å². The van der Waals surface area contributed by atoms with E-state index < -0.39 is 88.5 Å². The second-order valence-corrected chi connectivity index (χ2v) is 13.7. The molecule has 240 valence electrons. The molecular formula is C21H28FN3O15P2S. The van der Waals surface area contributed by atoms with E-state index in [0.29, 0.717) is 0 Å². The maximum Gasteiger partial charge on any atom is 0.481 e. The zero-order chi connectivity index (χ0) is 31.9. The predicted octanol–water partition coefficient (Wildman–Crippen LogP) is -1.87. The second-order valence-electron chi connectivity index (χ2n) is 9.33. The van der Waals surface area contributed by atoms with Crippen LogP contribution in [0, 0.1) is 12.3 Å². The third-order valence-corrected chi connectivity index (χ3v) is 10.2. The topological polar surface area (TPSA) is 279 Å². The van der Waals surface area contributed by atoms with Gasteiger partial charge in [-0.3, -0.25) is 4.52 Å². The van der Waals surface area contributed by atoms with E-state index in [-0.39, 0.29) is 22.5 Å². The average molecular weight is 675 g/mol. The summed E-state index contributed by atoms with van der Waals surface area (Å²) >= 11 is 4.76. The highest BCUT2D eigenvalue weighted by Crippen LogP contribution is 2.62. The highest BCUT2D eigenvalue weighted by atomic mass is 32.5. The van der Waals surface area contributed by atoms with E-state index in [4.69, 9.17) is 52.2 Å². The van der Waals surface area contributed by atoms with Gasteiger partial charge in [-0.1, -0.05) is 5.92 Å². The Hall–Kier alpha value is -1.73. The molecule has 0 spiro atoms. The minimum Gasteiger partial charge on any atom is -0.458 e. The summed E-state index contributed by atoms with van der Waals surface area (Å²) in [6.45, 7) is -6.70. The fraction of sp³-hybridized carbons (Fsp3) is 0.619. The molecule has 2 fully saturated rings. The third-order valence-electron chi connectivity index (χ3n) is 6.73. The Kier molecular flexibility index (Phi) is 10.3. The predicted molar refractivity (Wildman–Crippen MR) is 142 cm³/mol. The molecule has 9 N–H and O–H groups in total. The van der Waals surface area contributed by atoms with Gasteiger partial charge in [0.25, 0.3) is 0 Å². The fourth-order valence-electron chi connectivity index (χ4n) is 4.57. The number of alkyl halides is 1. The quantitative estimate of drug-likeness (QED) is 0.0956. The molecule has 4 rings (SSSR count). The number of nitrogens with zero attached hydrogens (tertiary/aromatic N) is 2. The van der Waals surface area contributed by atoms with Gasteiger partial charge in [-0.15, -0.1) is 6.42 Å². The molecule has 12 atom stereocenters. The van der Waals surface area contributed by atoms with Gasteiger partial charge in [0.2, 0.25) is 0 Å². The Bertz CT molecular complexity index is 1450. The van der Waals surface area contributed by atoms with Crippen molar-refractivity contribution in [2.45, 2.75) is 60.8 Å². The van der Waals surface area contributed by atoms with E-state index >= 15 is 0 Å². The van der Waals surface area contributed by atoms with Crippen molar-refractivity contribution in [2.75, 3.05) is 26.1 Å². The molecule has 0 radical (unpaired) electrons. The zero-order valence-corrected chi connectivity index (χ0v) is 24.5. The summed E-state index contributed by atoms with van der Waals surface area (Å²) in [4.78, 5) is 28.5. The molecule has 7 unspecified atom stereocenters. The number of halogens is 1. The monoisotopic (exact) mass is 675 g/mol. The highest BCUT2D eigenvalue weighted by Gasteiger charge is 2.58. The number of furan rings is 1. The number of nitrogens with two attached hydrogens (primary N) is 1. The van der Waals surface area contributed by atoms with E-state index in [9.17, 15) is 39.2 Å². The lowest BCUT2D eigenvalue weighted by Crippen LogP contribution is -2.60. The lowest BCUT2D eigenvalue weighted by molar-refractivity contribution is -0.287. The molecular weight excluding hydrogens is 647 g/mol. The molecule has 2 aromatic rings. The number of nitrogen functional groups attached to an aromatic ring is 1. The van der Waals surface area contributed by atoms with Gasteiger partial charge in [-0.2, -0.15) is 0 Å². The lowest BCUT2D eigenvalue weighted by atomic mass is 9.88. The van der Waals surface area contributed by atoms with Crippen molar-refractivity contribution in [1.29, 1.82) is 0 Å². The van der Waals surface area contributed by atoms with Crippen molar-refractivity contribution in [3.63, 3.8) is 0 Å². The highest BCUT2D eigenvalue weighted by molar-refractivity contribution is 8.08. The minimum atomic E-state index is -5.52. The number of rotatable bonds is 11. The number of hydrogen-bond donors (Lipinski definition) is 8. The van der Waals surface area contributed by atoms with Gasteiger partial charge in [0, 0.05) is 12.7 Å². The number of phosphoric ester groups is 1. The van der Waals surface area contributed by atoms with E-state index in [2.05, 4.69) is 24.7 Å². The van der Waals surface area contributed by atoms with Gasteiger partial charge in [-0.25, -0.2) is 23.2 Å². The van der Waals surface area contributed by atoms with Crippen LogP contribution in [-0.4, -0.2) is 120 Å². The molecule has 2 saturated heterocycles. The number of methoxy groups -OCH3 is 1. The molecule has 2 aliphatic rings. The summed E-state index contributed by atoms with van der Waals surface area (Å²) in [6, 6.07) is 0. The SMILES string of the molecule is C#C[C@@]1(OC)[C@H](O)[C@@H](COP(O)(=S)OP(=O)(O)OC2OC([C@@H](F)CO)C(O)C(O)C2O)O[C@H]1c1coc2c(N)ncnc12. The Morgan fingerprint density at radius 1 is 1.23 bits per heavy atom. The number of terminal acetylenes is 1. The Labute approximate surface area is 246 Å². The Morgan fingerprint density at radius 2 is 1.93 bits per heavy atom. The number of aromatic nitrogens is 2. The molecule has 0 aromatic carbocycles. The minimum absolute atomic E-state index is 0.0115. The molecule has 22 heteroatoms. The Morgan fingerprint density at radius 3 is 2.56 bits per heavy atom. The molecule has 4 heterocycles. The van der Waals surface area contributed by atoms with Crippen molar-refractivity contribution >= 4 is 43.3 Å². The van der Waals surface area contributed by atoms with Crippen LogP contribution in [0.2, 0.25) is 0 Å². The summed E-state index contributed by atoms with van der Waals surface area (Å²) < 4.78 is 62.4. The zero-order valence-electron chi connectivity index (χ0n) is 21.9. The van der Waals surface area contributed by atoms with Gasteiger partial charge in [0.05, 0.1) is 19.5 Å². The van der Waals surface area contributed by atoms with Crippen molar-refractivity contribution in [2.24, 2.45) is 0 Å². The van der Waals surface area contributed by atoms with E-state index in [1.165, 1.54) is 13.4 Å². The lowest BCUT2D eigenvalue weighted by Gasteiger charge is -2.41. The number of aliphatic hydroxyl groups is 5. The van der Waals surface area contributed by atoms with Crippen molar-refractivity contribution in [3.05, 3.63) is 18.2 Å². The van der Waals surface area contributed by atoms with E-state index in [1.807, 2.05) is 0 Å². The van der Waals surface area contributed by atoms with Crippen LogP contribution >= 0.6 is 14.5 Å². The average Bonchev–Trinajstić information content (AvgIpc) is 3.50. The molecule has 18 nitrogen and oxygen atoms in total. The number of aliphatic hydroxyl groups excluding tert-OH is 5. The van der Waals surface area contributed by atoms with Gasteiger partial charge < -0.3 is 64.2 Å². The molecule has 2 aromatic heterocycles. The first-order valence-corrected chi connectivity index (χ1v) is 16.2. The maximum absolute atomic E-state index is 14.0. The van der Waals surface area contributed by atoms with Gasteiger partial charge >= 0.3 is 14.5 Å². The fourth-order valence-corrected chi connectivity index (χ4v) is 7.67. The van der Waals surface area contributed by atoms with Gasteiger partial charge in [0.1, 0.15) is 54.6 Å². The third kappa shape index (κ3) is 6.64. The van der Waals surface area contributed by atoms with E-state index in [0.717, 1.165) is 6.33 Å². The van der Waals surface area contributed by atoms with Crippen LogP contribution in [0.25, 0.3) is 11.1 Å².